The molecule has 0 aliphatic heterocycles. The van der Waals surface area contributed by atoms with Crippen molar-refractivity contribution in [2.24, 2.45) is 11.3 Å². The van der Waals surface area contributed by atoms with Crippen molar-refractivity contribution < 1.29 is 22.0 Å². The van der Waals surface area contributed by atoms with Crippen LogP contribution in [-0.4, -0.2) is 36.4 Å². The van der Waals surface area contributed by atoms with E-state index in [2.05, 4.69) is 0 Å². The molecule has 3 aliphatic rings. The monoisotopic (exact) mass is 515 g/mol. The van der Waals surface area contributed by atoms with Gasteiger partial charge in [0.2, 0.25) is 5.91 Å². The summed E-state index contributed by atoms with van der Waals surface area (Å²) >= 11 is 0. The lowest BCUT2D eigenvalue weighted by molar-refractivity contribution is -0.139. The van der Waals surface area contributed by atoms with Gasteiger partial charge in [0.25, 0.3) is 5.92 Å². The predicted molar refractivity (Wildman–Crippen MR) is 135 cm³/mol. The largest absolute Gasteiger partial charge is 0.335 e. The highest BCUT2D eigenvalue weighted by atomic mass is 32.2. The fourth-order valence-corrected chi connectivity index (χ4v) is 8.39. The van der Waals surface area contributed by atoms with Gasteiger partial charge in [-0.1, -0.05) is 53.9 Å². The highest BCUT2D eigenvalue weighted by Gasteiger charge is 2.70. The van der Waals surface area contributed by atoms with E-state index in [0.717, 1.165) is 16.7 Å². The number of hydrogen-bond acceptors (Lipinski definition) is 3. The molecule has 3 fully saturated rings. The second-order valence-corrected chi connectivity index (χ2v) is 13.4. The van der Waals surface area contributed by atoms with Gasteiger partial charge in [0.1, 0.15) is 0 Å². The third-order valence-corrected chi connectivity index (χ3v) is 11.1. The maximum Gasteiger partial charge on any atom is 0.254 e. The van der Waals surface area contributed by atoms with Crippen molar-refractivity contribution in [1.29, 1.82) is 0 Å². The lowest BCUT2D eigenvalue weighted by Gasteiger charge is -2.39. The standard InChI is InChI=1S/C29H35F2NO3S/c1-20-6-10-22(11-7-20)18-32(23-14-16-28(17-15-23)19-29(28,30)31)27(33)25-4-3-5-26(25)36(34,35)24-12-8-21(2)9-13-24/h6-13,23,25-26H,3-5,14-19H2,1-2H3/t23?,25-,26-,28?/m1/s1. The number of sulfone groups is 1. The molecule has 0 N–H and O–H groups in total. The van der Waals surface area contributed by atoms with Crippen LogP contribution < -0.4 is 0 Å². The van der Waals surface area contributed by atoms with Crippen molar-refractivity contribution in [3.8, 4) is 0 Å². The smallest absolute Gasteiger partial charge is 0.254 e. The lowest BCUT2D eigenvalue weighted by Crippen LogP contribution is -2.47. The molecular formula is C29H35F2NO3S. The minimum absolute atomic E-state index is 0.0435. The van der Waals surface area contributed by atoms with Gasteiger partial charge in [-0.3, -0.25) is 4.79 Å². The predicted octanol–water partition coefficient (Wildman–Crippen LogP) is 6.24. The van der Waals surface area contributed by atoms with E-state index in [-0.39, 0.29) is 23.3 Å². The van der Waals surface area contributed by atoms with Crippen molar-refractivity contribution in [3.05, 3.63) is 65.2 Å². The number of alkyl halides is 2. The number of amides is 1. The molecule has 3 aliphatic carbocycles. The molecule has 194 valence electrons. The molecular weight excluding hydrogens is 480 g/mol. The van der Waals surface area contributed by atoms with Crippen LogP contribution in [0.15, 0.2) is 53.4 Å². The van der Waals surface area contributed by atoms with E-state index in [1.165, 1.54) is 0 Å². The van der Waals surface area contributed by atoms with Crippen molar-refractivity contribution in [2.75, 3.05) is 0 Å². The molecule has 3 saturated carbocycles. The molecule has 36 heavy (non-hydrogen) atoms. The Morgan fingerprint density at radius 2 is 1.47 bits per heavy atom. The number of benzene rings is 2. The Kier molecular flexibility index (Phi) is 6.51. The van der Waals surface area contributed by atoms with Crippen LogP contribution in [0.1, 0.15) is 68.1 Å². The summed E-state index contributed by atoms with van der Waals surface area (Å²) in [6.45, 7) is 4.29. The Bertz CT molecular complexity index is 1220. The quantitative estimate of drug-likeness (QED) is 0.457. The van der Waals surface area contributed by atoms with Crippen molar-refractivity contribution in [2.45, 2.75) is 93.9 Å². The van der Waals surface area contributed by atoms with Gasteiger partial charge >= 0.3 is 0 Å². The van der Waals surface area contributed by atoms with Gasteiger partial charge < -0.3 is 4.90 Å². The Labute approximate surface area is 213 Å². The van der Waals surface area contributed by atoms with Crippen LogP contribution >= 0.6 is 0 Å². The average molecular weight is 516 g/mol. The number of aryl methyl sites for hydroxylation is 2. The molecule has 5 rings (SSSR count). The topological polar surface area (TPSA) is 54.5 Å². The van der Waals surface area contributed by atoms with Gasteiger partial charge in [-0.2, -0.15) is 0 Å². The number of carbonyl (C=O) groups excluding carboxylic acids is 1. The molecule has 2 aromatic rings. The van der Waals surface area contributed by atoms with E-state index in [1.807, 2.05) is 43.0 Å². The molecule has 7 heteroatoms. The van der Waals surface area contributed by atoms with Crippen LogP contribution in [-0.2, 0) is 21.2 Å². The maximum absolute atomic E-state index is 14.1. The van der Waals surface area contributed by atoms with Crippen LogP contribution in [0.5, 0.6) is 0 Å². The molecule has 0 bridgehead atoms. The first kappa shape index (κ1) is 25.4. The molecule has 2 atom stereocenters. The number of rotatable bonds is 6. The summed E-state index contributed by atoms with van der Waals surface area (Å²) in [7, 11) is -3.66. The first-order valence-electron chi connectivity index (χ1n) is 13.1. The van der Waals surface area contributed by atoms with Gasteiger partial charge in [0, 0.05) is 24.4 Å². The highest BCUT2D eigenvalue weighted by Crippen LogP contribution is 2.67. The molecule has 4 nitrogen and oxygen atoms in total. The zero-order valence-electron chi connectivity index (χ0n) is 21.1. The van der Waals surface area contributed by atoms with E-state index in [1.54, 1.807) is 24.3 Å². The zero-order valence-corrected chi connectivity index (χ0v) is 21.9. The minimum atomic E-state index is -3.66. The summed E-state index contributed by atoms with van der Waals surface area (Å²) < 4.78 is 55.2. The summed E-state index contributed by atoms with van der Waals surface area (Å²) in [5.41, 5.74) is 2.19. The highest BCUT2D eigenvalue weighted by molar-refractivity contribution is 7.92. The van der Waals surface area contributed by atoms with E-state index in [4.69, 9.17) is 0 Å². The van der Waals surface area contributed by atoms with Gasteiger partial charge in [-0.25, -0.2) is 17.2 Å². The Morgan fingerprint density at radius 1 is 0.917 bits per heavy atom. The fourth-order valence-electron chi connectivity index (χ4n) is 6.36. The SMILES string of the molecule is Cc1ccc(CN(C(=O)[C@@H]2CCC[C@H]2S(=O)(=O)c2ccc(C)cc2)C2CCC3(CC2)CC3(F)F)cc1. The Morgan fingerprint density at radius 3 is 2.03 bits per heavy atom. The normalized spacial score (nSPS) is 29.3. The molecule has 0 radical (unpaired) electrons. The molecule has 0 saturated heterocycles. The average Bonchev–Trinajstić information content (AvgIpc) is 3.16. The summed E-state index contributed by atoms with van der Waals surface area (Å²) in [4.78, 5) is 16.2. The Balaban J connectivity index is 1.40. The van der Waals surface area contributed by atoms with E-state index in [9.17, 15) is 22.0 Å². The summed E-state index contributed by atoms with van der Waals surface area (Å²) in [6, 6.07) is 14.7. The number of hydrogen-bond donors (Lipinski definition) is 0. The number of carbonyl (C=O) groups is 1. The Hall–Kier alpha value is -2.28. The number of nitrogens with zero attached hydrogens (tertiary/aromatic N) is 1. The van der Waals surface area contributed by atoms with Crippen LogP contribution in [0.4, 0.5) is 8.78 Å². The summed E-state index contributed by atoms with van der Waals surface area (Å²) in [5, 5.41) is -0.754. The summed E-state index contributed by atoms with van der Waals surface area (Å²) in [5.74, 6) is -3.33. The van der Waals surface area contributed by atoms with Crippen molar-refractivity contribution >= 4 is 15.7 Å². The molecule has 1 amide bonds. The van der Waals surface area contributed by atoms with Crippen LogP contribution in [0, 0.1) is 25.2 Å². The van der Waals surface area contributed by atoms with E-state index < -0.39 is 32.3 Å². The number of halogens is 2. The van der Waals surface area contributed by atoms with Crippen LogP contribution in [0.3, 0.4) is 0 Å². The van der Waals surface area contributed by atoms with Crippen molar-refractivity contribution in [3.63, 3.8) is 0 Å². The molecule has 0 aromatic heterocycles. The molecule has 1 spiro atoms. The van der Waals surface area contributed by atoms with Crippen molar-refractivity contribution in [1.82, 2.24) is 4.90 Å². The lowest BCUT2D eigenvalue weighted by atomic mass is 9.81. The first-order valence-corrected chi connectivity index (χ1v) is 14.6. The fraction of sp³-hybridized carbons (Fsp3) is 0.552. The molecule has 0 unspecified atom stereocenters. The second-order valence-electron chi connectivity index (χ2n) is 11.3. The maximum atomic E-state index is 14.1. The third kappa shape index (κ3) is 4.59. The van der Waals surface area contributed by atoms with Gasteiger partial charge in [-0.15, -0.1) is 0 Å². The zero-order chi connectivity index (χ0) is 25.7. The van der Waals surface area contributed by atoms with Crippen LogP contribution in [0.25, 0.3) is 0 Å². The third-order valence-electron chi connectivity index (χ3n) is 8.84. The van der Waals surface area contributed by atoms with Gasteiger partial charge in [0.05, 0.1) is 16.1 Å². The second kappa shape index (κ2) is 9.23. The van der Waals surface area contributed by atoms with E-state index in [0.29, 0.717) is 51.5 Å². The molecule has 2 aromatic carbocycles. The first-order chi connectivity index (χ1) is 17.0. The summed E-state index contributed by atoms with van der Waals surface area (Å²) in [6.07, 6.45) is 3.54. The molecule has 0 heterocycles. The van der Waals surface area contributed by atoms with Crippen LogP contribution in [0.2, 0.25) is 0 Å². The van der Waals surface area contributed by atoms with Gasteiger partial charge in [-0.05, 0) is 70.1 Å². The minimum Gasteiger partial charge on any atom is -0.335 e. The van der Waals surface area contributed by atoms with Gasteiger partial charge in [0.15, 0.2) is 9.84 Å². The van der Waals surface area contributed by atoms with E-state index >= 15 is 0 Å².